The topological polar surface area (TPSA) is 17.1 Å². The van der Waals surface area contributed by atoms with E-state index in [4.69, 9.17) is 0 Å². The normalized spacial score (nSPS) is 10.4. The summed E-state index contributed by atoms with van der Waals surface area (Å²) < 4.78 is 12.9. The van der Waals surface area contributed by atoms with Gasteiger partial charge < -0.3 is 0 Å². The van der Waals surface area contributed by atoms with Crippen LogP contribution in [0.4, 0.5) is 4.39 Å². The van der Waals surface area contributed by atoms with Crippen LogP contribution in [0.3, 0.4) is 0 Å². The molecule has 1 aromatic rings. The third-order valence-electron chi connectivity index (χ3n) is 2.64. The molecule has 1 rings (SSSR count). The van der Waals surface area contributed by atoms with Crippen molar-refractivity contribution in [2.75, 3.05) is 0 Å². The van der Waals surface area contributed by atoms with Gasteiger partial charge in [-0.05, 0) is 30.5 Å². The van der Waals surface area contributed by atoms with Crippen LogP contribution in [0.15, 0.2) is 24.3 Å². The van der Waals surface area contributed by atoms with Crippen LogP contribution < -0.4 is 0 Å². The Kier molecular flexibility index (Phi) is 5.76. The SMILES string of the molecule is CCCCCC(=O)CCc1cccc(F)c1. The van der Waals surface area contributed by atoms with Gasteiger partial charge in [0.15, 0.2) is 0 Å². The average molecular weight is 222 g/mol. The van der Waals surface area contributed by atoms with Crippen molar-refractivity contribution in [2.45, 2.75) is 45.4 Å². The van der Waals surface area contributed by atoms with Gasteiger partial charge >= 0.3 is 0 Å². The first-order valence-corrected chi connectivity index (χ1v) is 5.98. The lowest BCUT2D eigenvalue weighted by Crippen LogP contribution is -2.00. The fourth-order valence-electron chi connectivity index (χ4n) is 1.67. The van der Waals surface area contributed by atoms with E-state index in [1.54, 1.807) is 6.07 Å². The molecule has 0 saturated carbocycles. The van der Waals surface area contributed by atoms with Crippen LogP contribution in [0.1, 0.15) is 44.6 Å². The van der Waals surface area contributed by atoms with Gasteiger partial charge in [-0.2, -0.15) is 0 Å². The number of rotatable bonds is 7. The summed E-state index contributed by atoms with van der Waals surface area (Å²) >= 11 is 0. The maximum absolute atomic E-state index is 12.9. The zero-order valence-corrected chi connectivity index (χ0v) is 9.84. The van der Waals surface area contributed by atoms with Gasteiger partial charge in [0.05, 0.1) is 0 Å². The minimum atomic E-state index is -0.226. The molecule has 88 valence electrons. The highest BCUT2D eigenvalue weighted by Gasteiger charge is 2.03. The summed E-state index contributed by atoms with van der Waals surface area (Å²) in [6, 6.07) is 6.47. The largest absolute Gasteiger partial charge is 0.300 e. The summed E-state index contributed by atoms with van der Waals surface area (Å²) in [7, 11) is 0. The molecule has 0 aliphatic carbocycles. The van der Waals surface area contributed by atoms with E-state index < -0.39 is 0 Å². The van der Waals surface area contributed by atoms with Gasteiger partial charge in [0.2, 0.25) is 0 Å². The number of aryl methyl sites for hydroxylation is 1. The molecule has 1 aromatic carbocycles. The molecule has 0 radical (unpaired) electrons. The standard InChI is InChI=1S/C14H19FO/c1-2-3-4-8-14(16)10-9-12-6-5-7-13(15)11-12/h5-7,11H,2-4,8-10H2,1H3. The van der Waals surface area contributed by atoms with Gasteiger partial charge in [0.1, 0.15) is 11.6 Å². The van der Waals surface area contributed by atoms with E-state index >= 15 is 0 Å². The first kappa shape index (κ1) is 12.9. The summed E-state index contributed by atoms with van der Waals surface area (Å²) in [5.74, 6) is 0.0636. The molecule has 0 aliphatic rings. The van der Waals surface area contributed by atoms with Crippen molar-refractivity contribution in [3.63, 3.8) is 0 Å². The second kappa shape index (κ2) is 7.15. The Bertz CT molecular complexity index is 333. The number of hydrogen-bond acceptors (Lipinski definition) is 1. The molecule has 1 nitrogen and oxygen atoms in total. The summed E-state index contributed by atoms with van der Waals surface area (Å²) in [6.07, 6.45) is 5.10. The summed E-state index contributed by atoms with van der Waals surface area (Å²) in [5, 5.41) is 0. The van der Waals surface area contributed by atoms with Crippen LogP contribution in [0, 0.1) is 5.82 Å². The second-order valence-corrected chi connectivity index (χ2v) is 4.13. The van der Waals surface area contributed by atoms with Crippen molar-refractivity contribution in [3.05, 3.63) is 35.6 Å². The Labute approximate surface area is 96.7 Å². The van der Waals surface area contributed by atoms with Crippen LogP contribution in [-0.4, -0.2) is 5.78 Å². The highest BCUT2D eigenvalue weighted by molar-refractivity contribution is 5.78. The molecule has 0 unspecified atom stereocenters. The quantitative estimate of drug-likeness (QED) is 0.639. The van der Waals surface area contributed by atoms with Gasteiger partial charge in [-0.3, -0.25) is 4.79 Å². The number of benzene rings is 1. The third-order valence-corrected chi connectivity index (χ3v) is 2.64. The number of Topliss-reactive ketones (excluding diaryl/α,β-unsaturated/α-hetero) is 1. The third kappa shape index (κ3) is 5.06. The van der Waals surface area contributed by atoms with Gasteiger partial charge in [-0.1, -0.05) is 31.9 Å². The van der Waals surface area contributed by atoms with Gasteiger partial charge in [-0.15, -0.1) is 0 Å². The Morgan fingerprint density at radius 3 is 2.75 bits per heavy atom. The first-order valence-electron chi connectivity index (χ1n) is 5.98. The number of halogens is 1. The molecule has 0 aliphatic heterocycles. The Morgan fingerprint density at radius 2 is 2.06 bits per heavy atom. The second-order valence-electron chi connectivity index (χ2n) is 4.13. The lowest BCUT2D eigenvalue weighted by atomic mass is 10.0. The number of unbranched alkanes of at least 4 members (excludes halogenated alkanes) is 2. The van der Waals surface area contributed by atoms with E-state index in [1.165, 1.54) is 12.1 Å². The molecule has 16 heavy (non-hydrogen) atoms. The Hall–Kier alpha value is -1.18. The molecule has 0 N–H and O–H groups in total. The number of carbonyl (C=O) groups is 1. The van der Waals surface area contributed by atoms with Crippen LogP contribution in [0.25, 0.3) is 0 Å². The first-order chi connectivity index (χ1) is 7.72. The van der Waals surface area contributed by atoms with E-state index in [9.17, 15) is 9.18 Å². The van der Waals surface area contributed by atoms with Crippen molar-refractivity contribution >= 4 is 5.78 Å². The minimum Gasteiger partial charge on any atom is -0.300 e. The molecule has 0 heterocycles. The number of hydrogen-bond donors (Lipinski definition) is 0. The molecule has 2 heteroatoms. The van der Waals surface area contributed by atoms with E-state index in [1.807, 2.05) is 6.07 Å². The maximum Gasteiger partial charge on any atom is 0.133 e. The number of ketones is 1. The van der Waals surface area contributed by atoms with Crippen LogP contribution in [0.5, 0.6) is 0 Å². The molecule has 0 bridgehead atoms. The predicted molar refractivity (Wildman–Crippen MR) is 63.9 cm³/mol. The van der Waals surface area contributed by atoms with E-state index in [-0.39, 0.29) is 11.6 Å². The van der Waals surface area contributed by atoms with Crippen LogP contribution in [0.2, 0.25) is 0 Å². The fourth-order valence-corrected chi connectivity index (χ4v) is 1.67. The molecule has 0 spiro atoms. The van der Waals surface area contributed by atoms with E-state index in [0.717, 1.165) is 24.8 Å². The van der Waals surface area contributed by atoms with Gasteiger partial charge in [-0.25, -0.2) is 4.39 Å². The van der Waals surface area contributed by atoms with Crippen molar-refractivity contribution in [2.24, 2.45) is 0 Å². The smallest absolute Gasteiger partial charge is 0.133 e. The Morgan fingerprint density at radius 1 is 1.25 bits per heavy atom. The van der Waals surface area contributed by atoms with Gasteiger partial charge in [0.25, 0.3) is 0 Å². The summed E-state index contributed by atoms with van der Waals surface area (Å²) in [5.41, 5.74) is 0.906. The number of carbonyl (C=O) groups excluding carboxylic acids is 1. The van der Waals surface area contributed by atoms with Crippen molar-refractivity contribution in [3.8, 4) is 0 Å². The lowest BCUT2D eigenvalue weighted by molar-refractivity contribution is -0.119. The molecule has 0 aromatic heterocycles. The van der Waals surface area contributed by atoms with Gasteiger partial charge in [0, 0.05) is 12.8 Å². The molecule has 0 amide bonds. The lowest BCUT2D eigenvalue weighted by Gasteiger charge is -2.01. The summed E-state index contributed by atoms with van der Waals surface area (Å²) in [4.78, 5) is 11.5. The molecular weight excluding hydrogens is 203 g/mol. The highest BCUT2D eigenvalue weighted by atomic mass is 19.1. The molecule has 0 saturated heterocycles. The summed E-state index contributed by atoms with van der Waals surface area (Å²) in [6.45, 7) is 2.12. The van der Waals surface area contributed by atoms with E-state index in [2.05, 4.69) is 6.92 Å². The zero-order valence-electron chi connectivity index (χ0n) is 9.84. The molecule has 0 atom stereocenters. The Balaban J connectivity index is 2.26. The molecular formula is C14H19FO. The maximum atomic E-state index is 12.9. The van der Waals surface area contributed by atoms with Crippen molar-refractivity contribution in [1.82, 2.24) is 0 Å². The average Bonchev–Trinajstić information content (AvgIpc) is 2.27. The van der Waals surface area contributed by atoms with Crippen LogP contribution >= 0.6 is 0 Å². The van der Waals surface area contributed by atoms with Crippen LogP contribution in [-0.2, 0) is 11.2 Å². The predicted octanol–water partition coefficient (Wildman–Crippen LogP) is 3.91. The van der Waals surface area contributed by atoms with Crippen molar-refractivity contribution < 1.29 is 9.18 Å². The minimum absolute atomic E-state index is 0.226. The molecule has 0 fully saturated rings. The van der Waals surface area contributed by atoms with Crippen molar-refractivity contribution in [1.29, 1.82) is 0 Å². The highest BCUT2D eigenvalue weighted by Crippen LogP contribution is 2.08. The monoisotopic (exact) mass is 222 g/mol. The fraction of sp³-hybridized carbons (Fsp3) is 0.500. The zero-order chi connectivity index (χ0) is 11.8. The van der Waals surface area contributed by atoms with E-state index in [0.29, 0.717) is 19.3 Å².